The minimum Gasteiger partial charge on any atom is -0.313 e. The van der Waals surface area contributed by atoms with Gasteiger partial charge in [0.05, 0.1) is 13.1 Å². The number of nitrogens with zero attached hydrogens (tertiary/aromatic N) is 4. The Bertz CT molecular complexity index is 850. The van der Waals surface area contributed by atoms with Crippen LogP contribution >= 0.6 is 0 Å². The lowest BCUT2D eigenvalue weighted by molar-refractivity contribution is -0.693. The van der Waals surface area contributed by atoms with E-state index in [1.165, 1.54) is 0 Å². The molecular weight excluding hydrogens is 242 g/mol. The van der Waals surface area contributed by atoms with E-state index in [0.29, 0.717) is 11.3 Å². The van der Waals surface area contributed by atoms with Gasteiger partial charge in [-0.05, 0) is 27.7 Å². The van der Waals surface area contributed by atoms with Crippen molar-refractivity contribution in [2.24, 2.45) is 7.05 Å². The van der Waals surface area contributed by atoms with Gasteiger partial charge in [0.25, 0.3) is 5.78 Å². The van der Waals surface area contributed by atoms with Crippen molar-refractivity contribution in [2.45, 2.75) is 33.7 Å². The summed E-state index contributed by atoms with van der Waals surface area (Å²) in [6.45, 7) is 8.03. The third-order valence-electron chi connectivity index (χ3n) is 3.67. The van der Waals surface area contributed by atoms with E-state index in [1.807, 2.05) is 36.4 Å². The molecule has 3 aromatic rings. The van der Waals surface area contributed by atoms with E-state index in [1.54, 1.807) is 4.40 Å². The molecule has 0 atom stereocenters. The van der Waals surface area contributed by atoms with Gasteiger partial charge in [0.1, 0.15) is 0 Å². The predicted octanol–water partition coefficient (Wildman–Crippen LogP) is 1.000. The fraction of sp³-hybridized carbons (Fsp3) is 0.462. The summed E-state index contributed by atoms with van der Waals surface area (Å²) in [6, 6.07) is 0.259. The first-order valence-electron chi connectivity index (χ1n) is 6.40. The molecule has 0 aliphatic rings. The fourth-order valence-corrected chi connectivity index (χ4v) is 2.49. The van der Waals surface area contributed by atoms with Crippen molar-refractivity contribution in [2.75, 3.05) is 0 Å². The fourth-order valence-electron chi connectivity index (χ4n) is 2.49. The first kappa shape index (κ1) is 12.0. The van der Waals surface area contributed by atoms with Crippen molar-refractivity contribution in [1.82, 2.24) is 18.9 Å². The highest BCUT2D eigenvalue weighted by Crippen LogP contribution is 2.11. The van der Waals surface area contributed by atoms with E-state index in [2.05, 4.69) is 23.8 Å². The lowest BCUT2D eigenvalue weighted by Crippen LogP contribution is -2.35. The molecule has 0 spiro atoms. The van der Waals surface area contributed by atoms with Crippen molar-refractivity contribution < 1.29 is 4.57 Å². The molecule has 6 nitrogen and oxygen atoms in total. The molecular formula is C13H18N5O+. The van der Waals surface area contributed by atoms with Gasteiger partial charge in [0, 0.05) is 11.4 Å². The third-order valence-corrected chi connectivity index (χ3v) is 3.67. The molecule has 0 amide bonds. The van der Waals surface area contributed by atoms with Crippen LogP contribution in [0.2, 0.25) is 0 Å². The summed E-state index contributed by atoms with van der Waals surface area (Å²) < 4.78 is 5.50. The predicted molar refractivity (Wildman–Crippen MR) is 72.3 cm³/mol. The van der Waals surface area contributed by atoms with Gasteiger partial charge in [-0.2, -0.15) is 0 Å². The van der Waals surface area contributed by atoms with Crippen molar-refractivity contribution >= 4 is 16.9 Å². The number of H-pyrrole nitrogens is 1. The summed E-state index contributed by atoms with van der Waals surface area (Å²) in [5.41, 5.74) is 3.21. The molecule has 3 rings (SSSR count). The summed E-state index contributed by atoms with van der Waals surface area (Å²) in [7, 11) is 1.88. The molecule has 1 N–H and O–H groups in total. The Morgan fingerprint density at radius 3 is 2.68 bits per heavy atom. The zero-order valence-corrected chi connectivity index (χ0v) is 11.9. The van der Waals surface area contributed by atoms with Gasteiger partial charge in [-0.15, -0.1) is 0 Å². The van der Waals surface area contributed by atoms with Crippen LogP contribution in [0.4, 0.5) is 0 Å². The van der Waals surface area contributed by atoms with Crippen LogP contribution in [-0.2, 0) is 7.05 Å². The van der Waals surface area contributed by atoms with E-state index in [-0.39, 0.29) is 11.6 Å². The number of aryl methyl sites for hydroxylation is 3. The smallest absolute Gasteiger partial charge is 0.311 e. The second-order valence-electron chi connectivity index (χ2n) is 5.31. The quantitative estimate of drug-likeness (QED) is 0.664. The van der Waals surface area contributed by atoms with Crippen LogP contribution in [-0.4, -0.2) is 18.9 Å². The van der Waals surface area contributed by atoms with Crippen LogP contribution in [0.5, 0.6) is 0 Å². The van der Waals surface area contributed by atoms with Crippen LogP contribution in [0.25, 0.3) is 16.9 Å². The van der Waals surface area contributed by atoms with Crippen molar-refractivity contribution in [3.8, 4) is 0 Å². The van der Waals surface area contributed by atoms with Crippen molar-refractivity contribution in [3.63, 3.8) is 0 Å². The highest BCUT2D eigenvalue weighted by Gasteiger charge is 2.24. The second-order valence-corrected chi connectivity index (χ2v) is 5.31. The number of imidazole rings is 2. The minimum absolute atomic E-state index is 0.0243. The number of nitrogens with one attached hydrogen (secondary N) is 1. The molecule has 0 radical (unpaired) electrons. The van der Waals surface area contributed by atoms with E-state index in [0.717, 1.165) is 17.0 Å². The molecule has 100 valence electrons. The highest BCUT2D eigenvalue weighted by atomic mass is 16.1. The van der Waals surface area contributed by atoms with Crippen LogP contribution in [0.1, 0.15) is 31.3 Å². The molecule has 3 aromatic heterocycles. The summed E-state index contributed by atoms with van der Waals surface area (Å²) in [5, 5.41) is 0. The van der Waals surface area contributed by atoms with Crippen LogP contribution in [0.3, 0.4) is 0 Å². The standard InChI is InChI=1S/C13H17N5O/c1-7(2)17-6-16(5)10-11(17)15-13-14-8(3)9(4)18(13)12(10)19/h6-7H,1-5H3/p+1. The molecule has 0 saturated carbocycles. The summed E-state index contributed by atoms with van der Waals surface area (Å²) in [4.78, 5) is 20.4. The van der Waals surface area contributed by atoms with Gasteiger partial charge < -0.3 is 4.98 Å². The van der Waals surface area contributed by atoms with Gasteiger partial charge in [0.15, 0.2) is 6.33 Å². The average molecular weight is 260 g/mol. The lowest BCUT2D eigenvalue weighted by atomic mass is 10.4. The van der Waals surface area contributed by atoms with Gasteiger partial charge in [-0.1, -0.05) is 4.98 Å². The largest absolute Gasteiger partial charge is 0.313 e. The molecule has 3 heterocycles. The Kier molecular flexibility index (Phi) is 2.32. The van der Waals surface area contributed by atoms with E-state index >= 15 is 0 Å². The minimum atomic E-state index is -0.0243. The molecule has 0 bridgehead atoms. The molecule has 0 unspecified atom stereocenters. The van der Waals surface area contributed by atoms with E-state index in [4.69, 9.17) is 0 Å². The van der Waals surface area contributed by atoms with Gasteiger partial charge in [0.2, 0.25) is 5.52 Å². The van der Waals surface area contributed by atoms with Gasteiger partial charge in [-0.3, -0.25) is 9.36 Å². The van der Waals surface area contributed by atoms with Crippen LogP contribution in [0.15, 0.2) is 11.1 Å². The maximum atomic E-state index is 12.6. The number of hydrogen-bond acceptors (Lipinski definition) is 2. The number of hydrogen-bond donors (Lipinski definition) is 1. The molecule has 0 aliphatic heterocycles. The maximum Gasteiger partial charge on any atom is 0.311 e. The monoisotopic (exact) mass is 260 g/mol. The number of fused-ring (bicyclic) bond motifs is 2. The topological polar surface area (TPSA) is 59.0 Å². The summed E-state index contributed by atoms with van der Waals surface area (Å²) in [5.74, 6) is 0.605. The second kappa shape index (κ2) is 3.69. The summed E-state index contributed by atoms with van der Waals surface area (Å²) >= 11 is 0. The van der Waals surface area contributed by atoms with Crippen molar-refractivity contribution in [3.05, 3.63) is 28.1 Å². The number of aromatic nitrogens is 5. The molecule has 0 saturated heterocycles. The first-order valence-corrected chi connectivity index (χ1v) is 6.40. The Morgan fingerprint density at radius 1 is 1.37 bits per heavy atom. The molecule has 0 fully saturated rings. The maximum absolute atomic E-state index is 12.6. The molecule has 0 aromatic carbocycles. The zero-order valence-electron chi connectivity index (χ0n) is 11.9. The summed E-state index contributed by atoms with van der Waals surface area (Å²) in [6.07, 6.45) is 1.92. The van der Waals surface area contributed by atoms with Gasteiger partial charge in [-0.25, -0.2) is 8.97 Å². The number of aromatic amines is 1. The Morgan fingerprint density at radius 2 is 2.05 bits per heavy atom. The SMILES string of the molecule is Cc1[nH]c2nc3c(c(=O)n2c1C)n(C)c[n+]3C(C)C. The first-order chi connectivity index (χ1) is 8.91. The van der Waals surface area contributed by atoms with Crippen LogP contribution < -0.4 is 10.1 Å². The Balaban J connectivity index is 2.59. The number of rotatable bonds is 1. The van der Waals surface area contributed by atoms with Crippen molar-refractivity contribution in [1.29, 1.82) is 0 Å². The van der Waals surface area contributed by atoms with E-state index in [9.17, 15) is 4.79 Å². The van der Waals surface area contributed by atoms with Gasteiger partial charge >= 0.3 is 11.2 Å². The third kappa shape index (κ3) is 1.46. The molecule has 6 heteroatoms. The normalized spacial score (nSPS) is 12.1. The lowest BCUT2D eigenvalue weighted by Gasteiger charge is -1.99. The zero-order chi connectivity index (χ0) is 13.9. The average Bonchev–Trinajstić information content (AvgIpc) is 2.79. The van der Waals surface area contributed by atoms with E-state index < -0.39 is 0 Å². The molecule has 19 heavy (non-hydrogen) atoms. The Hall–Kier alpha value is -2.11. The highest BCUT2D eigenvalue weighted by molar-refractivity contribution is 5.68. The molecule has 0 aliphatic carbocycles. The van der Waals surface area contributed by atoms with Crippen LogP contribution in [0, 0.1) is 13.8 Å². The Labute approximate surface area is 110 Å².